The summed E-state index contributed by atoms with van der Waals surface area (Å²) < 4.78 is 0. The fourth-order valence-electron chi connectivity index (χ4n) is 1.56. The predicted molar refractivity (Wildman–Crippen MR) is 72.4 cm³/mol. The van der Waals surface area contributed by atoms with Gasteiger partial charge in [-0.2, -0.15) is 0 Å². The van der Waals surface area contributed by atoms with Crippen molar-refractivity contribution in [1.29, 1.82) is 0 Å². The molecule has 0 aliphatic heterocycles. The molecule has 1 amide bonds. The fourth-order valence-corrected chi connectivity index (χ4v) is 1.88. The van der Waals surface area contributed by atoms with Crippen molar-refractivity contribution in [3.8, 4) is 0 Å². The molecule has 1 atom stereocenters. The summed E-state index contributed by atoms with van der Waals surface area (Å²) in [5, 5.41) is 0.692. The van der Waals surface area contributed by atoms with Crippen LogP contribution in [0.2, 0.25) is 5.02 Å². The highest BCUT2D eigenvalue weighted by Gasteiger charge is 2.19. The molecule has 0 heterocycles. The van der Waals surface area contributed by atoms with Gasteiger partial charge in [-0.05, 0) is 18.6 Å². The van der Waals surface area contributed by atoms with Crippen LogP contribution in [-0.4, -0.2) is 23.2 Å². The summed E-state index contributed by atoms with van der Waals surface area (Å²) in [6.45, 7) is 4.99. The molecule has 0 bridgehead atoms. The van der Waals surface area contributed by atoms with E-state index in [1.807, 2.05) is 38.1 Å². The zero-order chi connectivity index (χ0) is 12.8. The number of nitrogens with zero attached hydrogens (tertiary/aromatic N) is 1. The van der Waals surface area contributed by atoms with Crippen LogP contribution in [0.1, 0.15) is 19.4 Å². The first-order valence-electron chi connectivity index (χ1n) is 5.68. The van der Waals surface area contributed by atoms with E-state index < -0.39 is 0 Å². The number of hydrogen-bond acceptors (Lipinski definition) is 1. The van der Waals surface area contributed by atoms with Crippen molar-refractivity contribution in [3.05, 3.63) is 34.9 Å². The first kappa shape index (κ1) is 14.3. The molecule has 1 unspecified atom stereocenters. The Morgan fingerprint density at radius 1 is 1.41 bits per heavy atom. The van der Waals surface area contributed by atoms with Crippen LogP contribution in [0.15, 0.2) is 24.3 Å². The summed E-state index contributed by atoms with van der Waals surface area (Å²) in [5.41, 5.74) is 0.964. The number of hydrogen-bond donors (Lipinski definition) is 0. The Bertz CT molecular complexity index is 381. The van der Waals surface area contributed by atoms with Crippen LogP contribution in [-0.2, 0) is 11.3 Å². The lowest BCUT2D eigenvalue weighted by atomic mass is 10.1. The van der Waals surface area contributed by atoms with Crippen molar-refractivity contribution in [2.75, 3.05) is 12.4 Å². The molecular formula is C13H17Cl2NO. The van der Waals surface area contributed by atoms with Gasteiger partial charge in [0.1, 0.15) is 0 Å². The van der Waals surface area contributed by atoms with Crippen LogP contribution in [0.5, 0.6) is 0 Å². The van der Waals surface area contributed by atoms with E-state index in [0.29, 0.717) is 24.0 Å². The van der Waals surface area contributed by atoms with Crippen molar-refractivity contribution in [2.45, 2.75) is 20.4 Å². The van der Waals surface area contributed by atoms with Crippen LogP contribution in [0, 0.1) is 5.92 Å². The molecule has 0 radical (unpaired) electrons. The fraction of sp³-hybridized carbons (Fsp3) is 0.462. The van der Waals surface area contributed by atoms with Gasteiger partial charge in [0.05, 0.1) is 0 Å². The third kappa shape index (κ3) is 3.90. The van der Waals surface area contributed by atoms with Gasteiger partial charge in [-0.3, -0.25) is 4.79 Å². The van der Waals surface area contributed by atoms with Gasteiger partial charge >= 0.3 is 0 Å². The molecule has 0 N–H and O–H groups in total. The van der Waals surface area contributed by atoms with Gasteiger partial charge in [-0.1, -0.05) is 36.7 Å². The van der Waals surface area contributed by atoms with Gasteiger partial charge < -0.3 is 4.90 Å². The van der Waals surface area contributed by atoms with Crippen LogP contribution >= 0.6 is 23.2 Å². The Hall–Kier alpha value is -0.730. The number of benzene rings is 1. The van der Waals surface area contributed by atoms with Gasteiger partial charge in [-0.15, -0.1) is 11.6 Å². The molecule has 0 saturated carbocycles. The lowest BCUT2D eigenvalue weighted by Crippen LogP contribution is -2.35. The maximum absolute atomic E-state index is 12.0. The second-order valence-corrected chi connectivity index (χ2v) is 4.71. The summed E-state index contributed by atoms with van der Waals surface area (Å²) >= 11 is 11.8. The standard InChI is InChI=1S/C13H17Cl2NO/c1-3-16(13(17)10(2)8-14)9-11-6-4-5-7-12(11)15/h4-7,10H,3,8-9H2,1-2H3. The Kier molecular flexibility index (Phi) is 5.79. The van der Waals surface area contributed by atoms with Gasteiger partial charge in [-0.25, -0.2) is 0 Å². The highest BCUT2D eigenvalue weighted by Crippen LogP contribution is 2.18. The molecule has 1 aromatic rings. The average molecular weight is 274 g/mol. The van der Waals surface area contributed by atoms with Gasteiger partial charge in [0.2, 0.25) is 5.91 Å². The van der Waals surface area contributed by atoms with E-state index in [4.69, 9.17) is 23.2 Å². The zero-order valence-electron chi connectivity index (χ0n) is 10.1. The van der Waals surface area contributed by atoms with E-state index in [2.05, 4.69) is 0 Å². The molecule has 0 spiro atoms. The van der Waals surface area contributed by atoms with Crippen molar-refractivity contribution in [1.82, 2.24) is 4.90 Å². The Morgan fingerprint density at radius 3 is 2.59 bits per heavy atom. The van der Waals surface area contributed by atoms with Gasteiger partial charge in [0.25, 0.3) is 0 Å². The monoisotopic (exact) mass is 273 g/mol. The number of carbonyl (C=O) groups is 1. The minimum atomic E-state index is -0.154. The molecule has 4 heteroatoms. The van der Waals surface area contributed by atoms with Crippen molar-refractivity contribution < 1.29 is 4.79 Å². The van der Waals surface area contributed by atoms with Gasteiger partial charge in [0.15, 0.2) is 0 Å². The number of halogens is 2. The number of rotatable bonds is 5. The first-order valence-corrected chi connectivity index (χ1v) is 6.59. The molecule has 0 aromatic heterocycles. The summed E-state index contributed by atoms with van der Waals surface area (Å²) in [6, 6.07) is 7.57. The summed E-state index contributed by atoms with van der Waals surface area (Å²) in [6.07, 6.45) is 0. The van der Waals surface area contributed by atoms with E-state index in [1.54, 1.807) is 4.90 Å². The molecule has 17 heavy (non-hydrogen) atoms. The third-order valence-electron chi connectivity index (χ3n) is 2.67. The summed E-state index contributed by atoms with van der Waals surface area (Å²) in [4.78, 5) is 13.8. The Morgan fingerprint density at radius 2 is 2.06 bits per heavy atom. The summed E-state index contributed by atoms with van der Waals surface area (Å²) in [7, 11) is 0. The Balaban J connectivity index is 2.77. The minimum absolute atomic E-state index is 0.0717. The zero-order valence-corrected chi connectivity index (χ0v) is 11.6. The number of carbonyl (C=O) groups excluding carboxylic acids is 1. The largest absolute Gasteiger partial charge is 0.338 e. The molecule has 1 rings (SSSR count). The van der Waals surface area contributed by atoms with E-state index in [9.17, 15) is 4.79 Å². The lowest BCUT2D eigenvalue weighted by molar-refractivity contribution is -0.134. The quantitative estimate of drug-likeness (QED) is 0.752. The van der Waals surface area contributed by atoms with Crippen molar-refractivity contribution >= 4 is 29.1 Å². The molecule has 0 fully saturated rings. The SMILES string of the molecule is CCN(Cc1ccccc1Cl)C(=O)C(C)CCl. The van der Waals surface area contributed by atoms with E-state index in [0.717, 1.165) is 5.56 Å². The van der Waals surface area contributed by atoms with Crippen molar-refractivity contribution in [2.24, 2.45) is 5.92 Å². The number of amides is 1. The first-order chi connectivity index (χ1) is 8.10. The maximum Gasteiger partial charge on any atom is 0.226 e. The minimum Gasteiger partial charge on any atom is -0.338 e. The third-order valence-corrected chi connectivity index (χ3v) is 3.50. The second kappa shape index (κ2) is 6.87. The van der Waals surface area contributed by atoms with Gasteiger partial charge in [0, 0.05) is 29.9 Å². The highest BCUT2D eigenvalue weighted by atomic mass is 35.5. The highest BCUT2D eigenvalue weighted by molar-refractivity contribution is 6.31. The Labute approximate surface area is 113 Å². The molecule has 0 aliphatic carbocycles. The van der Waals surface area contributed by atoms with Crippen LogP contribution in [0.25, 0.3) is 0 Å². The topological polar surface area (TPSA) is 20.3 Å². The summed E-state index contributed by atoms with van der Waals surface area (Å²) in [5.74, 6) is 0.263. The molecule has 2 nitrogen and oxygen atoms in total. The van der Waals surface area contributed by atoms with E-state index >= 15 is 0 Å². The van der Waals surface area contributed by atoms with Crippen LogP contribution < -0.4 is 0 Å². The molecule has 94 valence electrons. The molecule has 0 saturated heterocycles. The number of alkyl halides is 1. The smallest absolute Gasteiger partial charge is 0.226 e. The predicted octanol–water partition coefficient (Wildman–Crippen LogP) is 3.56. The van der Waals surface area contributed by atoms with E-state index in [-0.39, 0.29) is 11.8 Å². The lowest BCUT2D eigenvalue weighted by Gasteiger charge is -2.24. The molecule has 1 aromatic carbocycles. The molecule has 0 aliphatic rings. The van der Waals surface area contributed by atoms with Crippen molar-refractivity contribution in [3.63, 3.8) is 0 Å². The molecular weight excluding hydrogens is 257 g/mol. The van der Waals surface area contributed by atoms with E-state index in [1.165, 1.54) is 0 Å². The maximum atomic E-state index is 12.0. The second-order valence-electron chi connectivity index (χ2n) is 4.00. The average Bonchev–Trinajstić information content (AvgIpc) is 2.36. The van der Waals surface area contributed by atoms with Crippen LogP contribution in [0.3, 0.4) is 0 Å². The van der Waals surface area contributed by atoms with Crippen LogP contribution in [0.4, 0.5) is 0 Å². The normalized spacial score (nSPS) is 12.2.